The van der Waals surface area contributed by atoms with E-state index in [-0.39, 0.29) is 11.9 Å². The van der Waals surface area contributed by atoms with Crippen molar-refractivity contribution in [3.05, 3.63) is 52.0 Å². The van der Waals surface area contributed by atoms with Crippen LogP contribution in [0, 0.1) is 6.92 Å². The van der Waals surface area contributed by atoms with Crippen LogP contribution in [0.2, 0.25) is 0 Å². The molecule has 1 atom stereocenters. The second-order valence-corrected chi connectivity index (χ2v) is 6.42. The Morgan fingerprint density at radius 2 is 2.25 bits per heavy atom. The minimum Gasteiger partial charge on any atom is -0.353 e. The number of pyridine rings is 1. The van der Waals surface area contributed by atoms with Crippen molar-refractivity contribution in [1.82, 2.24) is 10.3 Å². The zero-order valence-electron chi connectivity index (χ0n) is 11.9. The number of carbonyl (C=O) groups is 1. The Morgan fingerprint density at radius 1 is 1.40 bits per heavy atom. The Kier molecular flexibility index (Phi) is 5.30. The van der Waals surface area contributed by atoms with Gasteiger partial charge in [-0.05, 0) is 44.0 Å². The molecule has 2 aromatic heterocycles. The zero-order chi connectivity index (χ0) is 14.4. The summed E-state index contributed by atoms with van der Waals surface area (Å²) in [4.78, 5) is 18.6. The molecule has 1 amide bonds. The number of aromatic nitrogens is 1. The van der Waals surface area contributed by atoms with Gasteiger partial charge < -0.3 is 5.32 Å². The van der Waals surface area contributed by atoms with Gasteiger partial charge in [-0.2, -0.15) is 0 Å². The van der Waals surface area contributed by atoms with Gasteiger partial charge in [0.15, 0.2) is 0 Å². The van der Waals surface area contributed by atoms with Gasteiger partial charge in [0.05, 0.1) is 0 Å². The molecule has 0 unspecified atom stereocenters. The van der Waals surface area contributed by atoms with Crippen LogP contribution in [0.3, 0.4) is 0 Å². The third-order valence-corrected chi connectivity index (χ3v) is 4.10. The Labute approximate surface area is 124 Å². The zero-order valence-corrected chi connectivity index (χ0v) is 12.7. The second kappa shape index (κ2) is 7.20. The minimum absolute atomic E-state index is 0.106. The molecule has 2 rings (SSSR count). The lowest BCUT2D eigenvalue weighted by atomic mass is 10.1. The number of hydrogen-bond acceptors (Lipinski definition) is 3. The molecule has 0 aliphatic rings. The highest BCUT2D eigenvalue weighted by Gasteiger charge is 2.09. The van der Waals surface area contributed by atoms with Gasteiger partial charge in [0, 0.05) is 41.0 Å². The van der Waals surface area contributed by atoms with Crippen LogP contribution in [0.4, 0.5) is 0 Å². The van der Waals surface area contributed by atoms with Crippen molar-refractivity contribution in [2.75, 3.05) is 0 Å². The molecule has 0 aliphatic carbocycles. The van der Waals surface area contributed by atoms with Gasteiger partial charge in [0.25, 0.3) is 0 Å². The third-order valence-electron chi connectivity index (χ3n) is 3.07. The van der Waals surface area contributed by atoms with Crippen molar-refractivity contribution in [2.45, 2.75) is 39.2 Å². The van der Waals surface area contributed by atoms with E-state index in [1.54, 1.807) is 17.5 Å². The van der Waals surface area contributed by atoms with E-state index >= 15 is 0 Å². The van der Waals surface area contributed by atoms with E-state index in [9.17, 15) is 4.79 Å². The lowest BCUT2D eigenvalue weighted by Crippen LogP contribution is -2.34. The molecule has 0 spiro atoms. The van der Waals surface area contributed by atoms with E-state index in [1.807, 2.05) is 18.3 Å². The average Bonchev–Trinajstić information content (AvgIpc) is 2.83. The Morgan fingerprint density at radius 3 is 2.90 bits per heavy atom. The van der Waals surface area contributed by atoms with Gasteiger partial charge in [0.1, 0.15) is 0 Å². The molecule has 0 aromatic carbocycles. The Bertz CT molecular complexity index is 551. The highest BCUT2D eigenvalue weighted by molar-refractivity contribution is 7.11. The Balaban J connectivity index is 1.73. The maximum absolute atomic E-state index is 11.9. The topological polar surface area (TPSA) is 42.0 Å². The molecule has 0 saturated heterocycles. The highest BCUT2D eigenvalue weighted by atomic mass is 32.1. The van der Waals surface area contributed by atoms with Crippen molar-refractivity contribution in [2.24, 2.45) is 0 Å². The summed E-state index contributed by atoms with van der Waals surface area (Å²) in [6.45, 7) is 4.16. The van der Waals surface area contributed by atoms with Crippen LogP contribution >= 0.6 is 11.3 Å². The molecule has 0 radical (unpaired) electrons. The number of hydrogen-bond donors (Lipinski definition) is 1. The summed E-state index contributed by atoms with van der Waals surface area (Å²) >= 11 is 1.79. The molecule has 2 aromatic rings. The van der Waals surface area contributed by atoms with Gasteiger partial charge in [-0.3, -0.25) is 9.78 Å². The smallest absolute Gasteiger partial charge is 0.220 e. The fraction of sp³-hybridized carbons (Fsp3) is 0.375. The summed E-state index contributed by atoms with van der Waals surface area (Å²) in [6, 6.07) is 8.33. The number of amides is 1. The molecule has 0 bridgehead atoms. The van der Waals surface area contributed by atoms with Crippen molar-refractivity contribution >= 4 is 17.2 Å². The fourth-order valence-corrected chi connectivity index (χ4v) is 3.12. The summed E-state index contributed by atoms with van der Waals surface area (Å²) in [7, 11) is 0. The molecule has 1 N–H and O–H groups in total. The molecule has 106 valence electrons. The molecule has 2 heterocycles. The molecule has 20 heavy (non-hydrogen) atoms. The molecule has 4 heteroatoms. The first kappa shape index (κ1) is 14.7. The van der Waals surface area contributed by atoms with Crippen LogP contribution in [0.15, 0.2) is 36.7 Å². The van der Waals surface area contributed by atoms with Gasteiger partial charge in [0.2, 0.25) is 5.91 Å². The lowest BCUT2D eigenvalue weighted by molar-refractivity contribution is -0.121. The summed E-state index contributed by atoms with van der Waals surface area (Å²) in [5.74, 6) is 0.106. The monoisotopic (exact) mass is 288 g/mol. The highest BCUT2D eigenvalue weighted by Crippen LogP contribution is 2.16. The van der Waals surface area contributed by atoms with E-state index in [0.717, 1.165) is 18.4 Å². The number of thiophene rings is 1. The number of nitrogens with zero attached hydrogens (tertiary/aromatic N) is 1. The standard InChI is InChI=1S/C16H20N2OS/c1-12(10-15-7-5-13(2)20-15)18-16(19)8-6-14-4-3-9-17-11-14/h3-5,7,9,11-12H,6,8,10H2,1-2H3,(H,18,19)/t12-/m1/s1. The first-order chi connectivity index (χ1) is 9.63. The number of nitrogens with one attached hydrogen (secondary N) is 1. The van der Waals surface area contributed by atoms with Crippen molar-refractivity contribution in [3.63, 3.8) is 0 Å². The maximum Gasteiger partial charge on any atom is 0.220 e. The molecule has 0 saturated carbocycles. The van der Waals surface area contributed by atoms with Crippen LogP contribution in [0.5, 0.6) is 0 Å². The van der Waals surface area contributed by atoms with E-state index in [0.29, 0.717) is 6.42 Å². The first-order valence-corrected chi connectivity index (χ1v) is 7.68. The molecular weight excluding hydrogens is 268 g/mol. The van der Waals surface area contributed by atoms with E-state index in [2.05, 4.69) is 36.3 Å². The van der Waals surface area contributed by atoms with Crippen molar-refractivity contribution in [1.29, 1.82) is 0 Å². The number of aryl methyl sites for hydroxylation is 2. The number of carbonyl (C=O) groups excluding carboxylic acids is 1. The van der Waals surface area contributed by atoms with Crippen LogP contribution in [0.1, 0.15) is 28.7 Å². The lowest BCUT2D eigenvalue weighted by Gasteiger charge is -2.12. The fourth-order valence-electron chi connectivity index (χ4n) is 2.10. The maximum atomic E-state index is 11.9. The molecule has 0 aliphatic heterocycles. The summed E-state index contributed by atoms with van der Waals surface area (Å²) in [5, 5.41) is 3.06. The minimum atomic E-state index is 0.106. The van der Waals surface area contributed by atoms with Crippen LogP contribution < -0.4 is 5.32 Å². The normalized spacial score (nSPS) is 12.1. The summed E-state index contributed by atoms with van der Waals surface area (Å²) in [6.07, 6.45) is 5.71. The van der Waals surface area contributed by atoms with Gasteiger partial charge >= 0.3 is 0 Å². The second-order valence-electron chi connectivity index (χ2n) is 5.05. The third kappa shape index (κ3) is 4.78. The van der Waals surface area contributed by atoms with Crippen LogP contribution in [0.25, 0.3) is 0 Å². The molecular formula is C16H20N2OS. The Hall–Kier alpha value is -1.68. The van der Waals surface area contributed by atoms with Gasteiger partial charge in [-0.25, -0.2) is 0 Å². The average molecular weight is 288 g/mol. The first-order valence-electron chi connectivity index (χ1n) is 6.87. The van der Waals surface area contributed by atoms with E-state index in [1.165, 1.54) is 9.75 Å². The van der Waals surface area contributed by atoms with Crippen LogP contribution in [-0.2, 0) is 17.6 Å². The van der Waals surface area contributed by atoms with Crippen LogP contribution in [-0.4, -0.2) is 16.9 Å². The van der Waals surface area contributed by atoms with Crippen molar-refractivity contribution in [3.8, 4) is 0 Å². The predicted molar refractivity (Wildman–Crippen MR) is 82.9 cm³/mol. The molecule has 3 nitrogen and oxygen atoms in total. The van der Waals surface area contributed by atoms with E-state index < -0.39 is 0 Å². The predicted octanol–water partition coefficient (Wildman–Crippen LogP) is 3.13. The number of rotatable bonds is 6. The largest absolute Gasteiger partial charge is 0.353 e. The summed E-state index contributed by atoms with van der Waals surface area (Å²) in [5.41, 5.74) is 1.10. The SMILES string of the molecule is Cc1ccc(C[C@@H](C)NC(=O)CCc2cccnc2)s1. The van der Waals surface area contributed by atoms with Crippen molar-refractivity contribution < 1.29 is 4.79 Å². The van der Waals surface area contributed by atoms with Gasteiger partial charge in [-0.15, -0.1) is 11.3 Å². The van der Waals surface area contributed by atoms with E-state index in [4.69, 9.17) is 0 Å². The molecule has 0 fully saturated rings. The van der Waals surface area contributed by atoms with Gasteiger partial charge in [-0.1, -0.05) is 6.07 Å². The quantitative estimate of drug-likeness (QED) is 0.887. The summed E-state index contributed by atoms with van der Waals surface area (Å²) < 4.78 is 0.